The van der Waals surface area contributed by atoms with Crippen LogP contribution in [0.4, 0.5) is 0 Å². The van der Waals surface area contributed by atoms with Crippen molar-refractivity contribution < 1.29 is 0 Å². The molecule has 0 atom stereocenters. The first-order valence-electron chi connectivity index (χ1n) is 5.85. The first kappa shape index (κ1) is 10.7. The van der Waals surface area contributed by atoms with Crippen molar-refractivity contribution in [3.63, 3.8) is 0 Å². The van der Waals surface area contributed by atoms with Crippen molar-refractivity contribution in [2.24, 2.45) is 0 Å². The van der Waals surface area contributed by atoms with Crippen LogP contribution < -0.4 is 0 Å². The third-order valence-corrected chi connectivity index (χ3v) is 2.84. The van der Waals surface area contributed by atoms with E-state index in [1.165, 1.54) is 5.56 Å². The van der Waals surface area contributed by atoms with Crippen LogP contribution in [0.2, 0.25) is 0 Å². The third kappa shape index (κ3) is 2.02. The quantitative estimate of drug-likeness (QED) is 0.739. The molecule has 2 heterocycles. The third-order valence-electron chi connectivity index (χ3n) is 2.84. The zero-order chi connectivity index (χ0) is 12.4. The highest BCUT2D eigenvalue weighted by Gasteiger charge is 2.05. The molecule has 0 spiro atoms. The van der Waals surface area contributed by atoms with Crippen LogP contribution in [0, 0.1) is 6.92 Å². The van der Waals surface area contributed by atoms with Crippen molar-refractivity contribution in [3.8, 4) is 22.6 Å². The summed E-state index contributed by atoms with van der Waals surface area (Å²) < 4.78 is 0. The molecule has 3 rings (SSSR count). The number of aryl methyl sites for hydroxylation is 1. The molecule has 1 N–H and O–H groups in total. The first-order valence-corrected chi connectivity index (χ1v) is 5.85. The molecule has 3 aromatic rings. The predicted molar refractivity (Wildman–Crippen MR) is 72.0 cm³/mol. The molecular formula is C15H13N3. The minimum atomic E-state index is 0.887. The summed E-state index contributed by atoms with van der Waals surface area (Å²) in [6.07, 6.45) is 5.43. The Morgan fingerprint density at radius 2 is 1.89 bits per heavy atom. The second kappa shape index (κ2) is 4.45. The van der Waals surface area contributed by atoms with E-state index in [9.17, 15) is 0 Å². The molecule has 88 valence electrons. The van der Waals surface area contributed by atoms with E-state index in [2.05, 4.69) is 40.1 Å². The van der Waals surface area contributed by atoms with Gasteiger partial charge in [0.1, 0.15) is 5.82 Å². The van der Waals surface area contributed by atoms with Crippen molar-refractivity contribution in [2.75, 3.05) is 0 Å². The van der Waals surface area contributed by atoms with Crippen LogP contribution in [-0.2, 0) is 0 Å². The van der Waals surface area contributed by atoms with Gasteiger partial charge in [-0.2, -0.15) is 0 Å². The van der Waals surface area contributed by atoms with Crippen molar-refractivity contribution in [1.82, 2.24) is 15.0 Å². The second-order valence-corrected chi connectivity index (χ2v) is 4.26. The topological polar surface area (TPSA) is 41.6 Å². The molecule has 0 aliphatic rings. The molecule has 0 unspecified atom stereocenters. The number of imidazole rings is 1. The molecule has 3 nitrogen and oxygen atoms in total. The standard InChI is InChI=1S/C15H13N3/c1-11-4-2-5-12(8-11)15-17-10-14(18-15)13-6-3-7-16-9-13/h2-10H,1H3,(H,17,18). The largest absolute Gasteiger partial charge is 0.338 e. The fraction of sp³-hybridized carbons (Fsp3) is 0.0667. The van der Waals surface area contributed by atoms with Gasteiger partial charge in [-0.05, 0) is 25.1 Å². The molecule has 0 saturated heterocycles. The summed E-state index contributed by atoms with van der Waals surface area (Å²) in [4.78, 5) is 11.9. The lowest BCUT2D eigenvalue weighted by Gasteiger charge is -1.99. The SMILES string of the molecule is Cc1cccc(-c2ncc(-c3cccnc3)[nH]2)c1. The summed E-state index contributed by atoms with van der Waals surface area (Å²) in [6, 6.07) is 12.2. The zero-order valence-electron chi connectivity index (χ0n) is 10.1. The maximum absolute atomic E-state index is 4.42. The molecule has 18 heavy (non-hydrogen) atoms. The Labute approximate surface area is 106 Å². The number of rotatable bonds is 2. The van der Waals surface area contributed by atoms with Crippen LogP contribution in [0.15, 0.2) is 55.0 Å². The molecule has 0 bridgehead atoms. The fourth-order valence-electron chi connectivity index (χ4n) is 1.93. The average Bonchev–Trinajstić information content (AvgIpc) is 2.89. The fourth-order valence-corrected chi connectivity index (χ4v) is 1.93. The summed E-state index contributed by atoms with van der Waals surface area (Å²) in [5.41, 5.74) is 4.36. The van der Waals surface area contributed by atoms with Crippen LogP contribution in [0.25, 0.3) is 22.6 Å². The molecule has 0 amide bonds. The lowest BCUT2D eigenvalue weighted by Crippen LogP contribution is -1.82. The number of H-pyrrole nitrogens is 1. The van der Waals surface area contributed by atoms with Crippen molar-refractivity contribution in [1.29, 1.82) is 0 Å². The van der Waals surface area contributed by atoms with Gasteiger partial charge < -0.3 is 4.98 Å². The molecule has 2 aromatic heterocycles. The Kier molecular flexibility index (Phi) is 2.65. The molecule has 0 aliphatic heterocycles. The van der Waals surface area contributed by atoms with Crippen LogP contribution in [0.5, 0.6) is 0 Å². The van der Waals surface area contributed by atoms with Crippen molar-refractivity contribution in [3.05, 3.63) is 60.6 Å². The van der Waals surface area contributed by atoms with E-state index < -0.39 is 0 Å². The number of aromatic nitrogens is 3. The second-order valence-electron chi connectivity index (χ2n) is 4.26. The summed E-state index contributed by atoms with van der Waals surface area (Å²) >= 11 is 0. The maximum Gasteiger partial charge on any atom is 0.137 e. The van der Waals surface area contributed by atoms with Crippen molar-refractivity contribution in [2.45, 2.75) is 6.92 Å². The Balaban J connectivity index is 2.00. The highest BCUT2D eigenvalue weighted by molar-refractivity contribution is 5.63. The summed E-state index contributed by atoms with van der Waals surface area (Å²) in [7, 11) is 0. The van der Waals surface area contributed by atoms with Gasteiger partial charge in [-0.3, -0.25) is 4.98 Å². The summed E-state index contributed by atoms with van der Waals surface area (Å²) in [5.74, 6) is 0.887. The van der Waals surface area contributed by atoms with Gasteiger partial charge in [0.05, 0.1) is 11.9 Å². The van der Waals surface area contributed by atoms with Crippen LogP contribution >= 0.6 is 0 Å². The van der Waals surface area contributed by atoms with Gasteiger partial charge in [0.2, 0.25) is 0 Å². The molecule has 0 fully saturated rings. The van der Waals surface area contributed by atoms with E-state index in [1.807, 2.05) is 30.6 Å². The summed E-state index contributed by atoms with van der Waals surface area (Å²) in [6.45, 7) is 2.08. The van der Waals surface area contributed by atoms with Crippen LogP contribution in [0.1, 0.15) is 5.56 Å². The van der Waals surface area contributed by atoms with Gasteiger partial charge in [-0.25, -0.2) is 4.98 Å². The average molecular weight is 235 g/mol. The molecule has 3 heteroatoms. The number of nitrogens with one attached hydrogen (secondary N) is 1. The molecular weight excluding hydrogens is 222 g/mol. The lowest BCUT2D eigenvalue weighted by atomic mass is 10.1. The number of hydrogen-bond acceptors (Lipinski definition) is 2. The Bertz CT molecular complexity index is 656. The van der Waals surface area contributed by atoms with E-state index >= 15 is 0 Å². The molecule has 0 aliphatic carbocycles. The van der Waals surface area contributed by atoms with E-state index in [0.717, 1.165) is 22.6 Å². The Morgan fingerprint density at radius 1 is 1.00 bits per heavy atom. The first-order chi connectivity index (χ1) is 8.83. The van der Waals surface area contributed by atoms with Gasteiger partial charge in [0, 0.05) is 23.5 Å². The van der Waals surface area contributed by atoms with Gasteiger partial charge >= 0.3 is 0 Å². The van der Waals surface area contributed by atoms with E-state index in [4.69, 9.17) is 0 Å². The van der Waals surface area contributed by atoms with Gasteiger partial charge in [-0.1, -0.05) is 23.8 Å². The van der Waals surface area contributed by atoms with Crippen molar-refractivity contribution >= 4 is 0 Å². The molecule has 0 saturated carbocycles. The number of hydrogen-bond donors (Lipinski definition) is 1. The predicted octanol–water partition coefficient (Wildman–Crippen LogP) is 3.45. The highest BCUT2D eigenvalue weighted by Crippen LogP contribution is 2.21. The summed E-state index contributed by atoms with van der Waals surface area (Å²) in [5, 5.41) is 0. The Hall–Kier alpha value is -2.42. The van der Waals surface area contributed by atoms with E-state index in [-0.39, 0.29) is 0 Å². The van der Waals surface area contributed by atoms with E-state index in [0.29, 0.717) is 0 Å². The minimum absolute atomic E-state index is 0.887. The van der Waals surface area contributed by atoms with Gasteiger partial charge in [0.25, 0.3) is 0 Å². The number of benzene rings is 1. The lowest BCUT2D eigenvalue weighted by molar-refractivity contribution is 1.29. The number of pyridine rings is 1. The number of nitrogens with zero attached hydrogens (tertiary/aromatic N) is 2. The van der Waals surface area contributed by atoms with Crippen LogP contribution in [-0.4, -0.2) is 15.0 Å². The highest BCUT2D eigenvalue weighted by atomic mass is 14.9. The van der Waals surface area contributed by atoms with E-state index in [1.54, 1.807) is 6.20 Å². The zero-order valence-corrected chi connectivity index (χ0v) is 10.1. The Morgan fingerprint density at radius 3 is 2.67 bits per heavy atom. The minimum Gasteiger partial charge on any atom is -0.338 e. The number of aromatic amines is 1. The smallest absolute Gasteiger partial charge is 0.137 e. The normalized spacial score (nSPS) is 10.5. The monoisotopic (exact) mass is 235 g/mol. The maximum atomic E-state index is 4.42. The molecule has 1 aromatic carbocycles. The molecule has 0 radical (unpaired) electrons. The van der Waals surface area contributed by atoms with Gasteiger partial charge in [-0.15, -0.1) is 0 Å². The van der Waals surface area contributed by atoms with Crippen LogP contribution in [0.3, 0.4) is 0 Å². The van der Waals surface area contributed by atoms with Gasteiger partial charge in [0.15, 0.2) is 0 Å².